The largest absolute Gasteiger partial charge is 0.492 e. The van der Waals surface area contributed by atoms with E-state index in [-0.39, 0.29) is 24.9 Å². The summed E-state index contributed by atoms with van der Waals surface area (Å²) in [6.45, 7) is 2.54. The lowest BCUT2D eigenvalue weighted by Crippen LogP contribution is -2.53. The van der Waals surface area contributed by atoms with Gasteiger partial charge in [0, 0.05) is 19.8 Å². The highest BCUT2D eigenvalue weighted by molar-refractivity contribution is 5.86. The number of carbonyl (C=O) groups excluding carboxylic acids is 2. The van der Waals surface area contributed by atoms with E-state index in [1.807, 2.05) is 37.3 Å². The van der Waals surface area contributed by atoms with Gasteiger partial charge in [-0.05, 0) is 36.6 Å². The summed E-state index contributed by atoms with van der Waals surface area (Å²) in [6.07, 6.45) is 3.23. The van der Waals surface area contributed by atoms with Crippen LogP contribution in [0, 0.1) is 6.92 Å². The number of benzene rings is 1. The molecule has 0 saturated carbocycles. The van der Waals surface area contributed by atoms with Crippen molar-refractivity contribution in [1.82, 2.24) is 15.2 Å². The molecule has 0 radical (unpaired) electrons. The Morgan fingerprint density at radius 2 is 2.10 bits per heavy atom. The van der Waals surface area contributed by atoms with Crippen LogP contribution < -0.4 is 10.1 Å². The molecule has 1 aliphatic rings. The molecule has 0 aliphatic carbocycles. The molecule has 1 saturated heterocycles. The van der Waals surface area contributed by atoms with Crippen LogP contribution in [0.25, 0.3) is 0 Å². The maximum atomic E-state index is 12.8. The van der Waals surface area contributed by atoms with E-state index in [0.717, 1.165) is 11.1 Å². The number of hydrogen-bond donors (Lipinski definition) is 2. The Morgan fingerprint density at radius 3 is 2.77 bits per heavy atom. The molecule has 9 nitrogen and oxygen atoms in total. The number of morpholine rings is 1. The Labute approximate surface area is 181 Å². The van der Waals surface area contributed by atoms with Gasteiger partial charge in [0.25, 0.3) is 12.4 Å². The lowest BCUT2D eigenvalue weighted by atomic mass is 9.94. The van der Waals surface area contributed by atoms with Crippen molar-refractivity contribution in [1.29, 1.82) is 0 Å². The van der Waals surface area contributed by atoms with Gasteiger partial charge in [-0.15, -0.1) is 0 Å². The summed E-state index contributed by atoms with van der Waals surface area (Å²) in [5, 5.41) is 9.78. The van der Waals surface area contributed by atoms with Crippen LogP contribution in [0.15, 0.2) is 48.8 Å². The smallest absolute Gasteiger partial charge is 0.290 e. The fourth-order valence-corrected chi connectivity index (χ4v) is 3.23. The molecule has 31 heavy (non-hydrogen) atoms. The van der Waals surface area contributed by atoms with Crippen LogP contribution in [0.5, 0.6) is 5.75 Å². The van der Waals surface area contributed by atoms with Crippen molar-refractivity contribution < 1.29 is 29.0 Å². The van der Waals surface area contributed by atoms with Crippen molar-refractivity contribution in [2.75, 3.05) is 26.8 Å². The first-order chi connectivity index (χ1) is 15.0. The highest BCUT2D eigenvalue weighted by Gasteiger charge is 2.40. The third kappa shape index (κ3) is 6.78. The molecule has 9 heteroatoms. The second-order valence-electron chi connectivity index (χ2n) is 6.82. The second-order valence-corrected chi connectivity index (χ2v) is 6.82. The zero-order valence-electron chi connectivity index (χ0n) is 17.6. The van der Waals surface area contributed by atoms with Gasteiger partial charge < -0.3 is 24.8 Å². The molecule has 166 valence electrons. The minimum atomic E-state index is -0.747. The molecule has 2 heterocycles. The van der Waals surface area contributed by atoms with Gasteiger partial charge in [-0.25, -0.2) is 0 Å². The van der Waals surface area contributed by atoms with Crippen molar-refractivity contribution in [3.63, 3.8) is 0 Å². The molecule has 2 aromatic rings. The van der Waals surface area contributed by atoms with Crippen LogP contribution in [0.1, 0.15) is 23.6 Å². The van der Waals surface area contributed by atoms with Crippen molar-refractivity contribution >= 4 is 18.3 Å². The van der Waals surface area contributed by atoms with E-state index in [1.54, 1.807) is 30.4 Å². The highest BCUT2D eigenvalue weighted by atomic mass is 16.5. The van der Waals surface area contributed by atoms with E-state index in [0.29, 0.717) is 25.3 Å². The molecule has 2 amide bonds. The topological polar surface area (TPSA) is 118 Å². The fraction of sp³-hybridized carbons (Fsp3) is 0.364. The van der Waals surface area contributed by atoms with Gasteiger partial charge in [0.15, 0.2) is 6.10 Å². The van der Waals surface area contributed by atoms with Gasteiger partial charge in [0.05, 0.1) is 18.8 Å². The number of pyridine rings is 1. The van der Waals surface area contributed by atoms with E-state index in [4.69, 9.17) is 19.4 Å². The summed E-state index contributed by atoms with van der Waals surface area (Å²) < 4.78 is 11.2. The molecular formula is C22H27N3O6. The number of carbonyl (C=O) groups is 3. The summed E-state index contributed by atoms with van der Waals surface area (Å²) >= 11 is 0. The number of likely N-dealkylation sites (N-methyl/N-ethyl adjacent to an activating group) is 1. The number of carboxylic acid groups (broad SMARTS) is 1. The van der Waals surface area contributed by atoms with Crippen LogP contribution in [0.2, 0.25) is 0 Å². The number of aromatic nitrogens is 1. The number of ether oxygens (including phenoxy) is 2. The van der Waals surface area contributed by atoms with Crippen molar-refractivity contribution in [2.24, 2.45) is 0 Å². The minimum absolute atomic E-state index is 0.0961. The Morgan fingerprint density at radius 1 is 1.35 bits per heavy atom. The molecule has 0 spiro atoms. The second kappa shape index (κ2) is 12.3. The van der Waals surface area contributed by atoms with Crippen LogP contribution in [-0.2, 0) is 19.1 Å². The Balaban J connectivity index is 0.00000107. The summed E-state index contributed by atoms with van der Waals surface area (Å²) in [6, 6.07) is 10.9. The van der Waals surface area contributed by atoms with Crippen LogP contribution >= 0.6 is 0 Å². The Hall–Kier alpha value is -3.46. The molecule has 0 bridgehead atoms. The number of aryl methyl sites for hydroxylation is 1. The van der Waals surface area contributed by atoms with Crippen molar-refractivity contribution in [3.8, 4) is 5.75 Å². The van der Waals surface area contributed by atoms with Gasteiger partial charge in [0.2, 0.25) is 5.91 Å². The first-order valence-electron chi connectivity index (χ1n) is 9.80. The predicted molar refractivity (Wildman–Crippen MR) is 112 cm³/mol. The van der Waals surface area contributed by atoms with Gasteiger partial charge in [-0.2, -0.15) is 0 Å². The van der Waals surface area contributed by atoms with E-state index in [2.05, 4.69) is 10.3 Å². The van der Waals surface area contributed by atoms with Gasteiger partial charge in [-0.3, -0.25) is 19.4 Å². The first kappa shape index (κ1) is 23.8. The molecule has 1 aromatic carbocycles. The lowest BCUT2D eigenvalue weighted by molar-refractivity contribution is -0.162. The first-order valence-corrected chi connectivity index (χ1v) is 9.80. The summed E-state index contributed by atoms with van der Waals surface area (Å²) in [7, 11) is 1.71. The van der Waals surface area contributed by atoms with Gasteiger partial charge in [0.1, 0.15) is 12.4 Å². The average molecular weight is 429 g/mol. The number of nitrogens with zero attached hydrogens (tertiary/aromatic N) is 2. The minimum Gasteiger partial charge on any atom is -0.492 e. The fourth-order valence-electron chi connectivity index (χ4n) is 3.23. The Kier molecular flexibility index (Phi) is 9.44. The summed E-state index contributed by atoms with van der Waals surface area (Å²) in [5.74, 6) is 0.334. The molecule has 0 unspecified atom stereocenters. The number of amides is 2. The normalized spacial score (nSPS) is 17.9. The van der Waals surface area contributed by atoms with Crippen LogP contribution in [0.4, 0.5) is 0 Å². The standard InChI is InChI=1S/C21H25N3O4.CH2O2/c1-15-7-3-4-9-17(15)19-20(28-14-18(25)24(19)2)21(26)23-11-6-12-27-16-8-5-10-22-13-16;2-1-3/h3-5,7-10,13,19-20H,6,11-12,14H2,1-2H3,(H,23,26);1H,(H,2,3)/t19-,20+;/m1./s1. The van der Waals surface area contributed by atoms with E-state index in [9.17, 15) is 9.59 Å². The number of hydrogen-bond acceptors (Lipinski definition) is 6. The van der Waals surface area contributed by atoms with Gasteiger partial charge >= 0.3 is 0 Å². The molecule has 2 N–H and O–H groups in total. The number of nitrogens with one attached hydrogen (secondary N) is 1. The Bertz CT molecular complexity index is 861. The molecular weight excluding hydrogens is 402 g/mol. The molecule has 1 aliphatic heterocycles. The zero-order valence-corrected chi connectivity index (χ0v) is 17.6. The van der Waals surface area contributed by atoms with Crippen molar-refractivity contribution in [3.05, 3.63) is 59.9 Å². The van der Waals surface area contributed by atoms with E-state index >= 15 is 0 Å². The van der Waals surface area contributed by atoms with Crippen molar-refractivity contribution in [2.45, 2.75) is 25.5 Å². The molecule has 2 atom stereocenters. The van der Waals surface area contributed by atoms with Crippen LogP contribution in [0.3, 0.4) is 0 Å². The predicted octanol–water partition coefficient (Wildman–Crippen LogP) is 1.57. The SMILES string of the molecule is Cc1ccccc1[C@@H]1[C@@H](C(=O)NCCCOc2cccnc2)OCC(=O)N1C.O=CO. The van der Waals surface area contributed by atoms with Gasteiger partial charge in [-0.1, -0.05) is 24.3 Å². The average Bonchev–Trinajstić information content (AvgIpc) is 2.77. The zero-order chi connectivity index (χ0) is 22.6. The molecule has 1 aromatic heterocycles. The number of rotatable bonds is 7. The lowest BCUT2D eigenvalue weighted by Gasteiger charge is -2.38. The monoisotopic (exact) mass is 429 g/mol. The molecule has 1 fully saturated rings. The van der Waals surface area contributed by atoms with E-state index in [1.165, 1.54) is 0 Å². The quantitative estimate of drug-likeness (QED) is 0.507. The maximum Gasteiger partial charge on any atom is 0.290 e. The highest BCUT2D eigenvalue weighted by Crippen LogP contribution is 2.31. The third-order valence-corrected chi connectivity index (χ3v) is 4.77. The molecule has 3 rings (SSSR count). The maximum absolute atomic E-state index is 12.8. The summed E-state index contributed by atoms with van der Waals surface area (Å²) in [5.41, 5.74) is 1.93. The van der Waals surface area contributed by atoms with E-state index < -0.39 is 12.1 Å². The summed E-state index contributed by atoms with van der Waals surface area (Å²) in [4.78, 5) is 38.8. The third-order valence-electron chi connectivity index (χ3n) is 4.77. The van der Waals surface area contributed by atoms with Crippen LogP contribution in [-0.4, -0.2) is 66.2 Å².